The highest BCUT2D eigenvalue weighted by atomic mass is 32.2. The second-order valence-electron chi connectivity index (χ2n) is 3.45. The fourth-order valence-corrected chi connectivity index (χ4v) is 2.01. The fourth-order valence-electron chi connectivity index (χ4n) is 0.890. The smallest absolute Gasteiger partial charge is 0.123 e. The predicted molar refractivity (Wildman–Crippen MR) is 58.8 cm³/mol. The van der Waals surface area contributed by atoms with Gasteiger partial charge in [0.05, 0.1) is 0 Å². The van der Waals surface area contributed by atoms with Gasteiger partial charge in [-0.1, -0.05) is 13.8 Å². The van der Waals surface area contributed by atoms with Crippen LogP contribution >= 0.6 is 11.8 Å². The minimum Gasteiger partial charge on any atom is -0.384 e. The molecule has 2 nitrogen and oxygen atoms in total. The first-order chi connectivity index (χ1) is 6.18. The average Bonchev–Trinajstić information content (AvgIpc) is 2.08. The van der Waals surface area contributed by atoms with E-state index in [0.29, 0.717) is 5.82 Å². The van der Waals surface area contributed by atoms with Crippen LogP contribution < -0.4 is 5.73 Å². The van der Waals surface area contributed by atoms with E-state index >= 15 is 0 Å². The van der Waals surface area contributed by atoms with Crippen molar-refractivity contribution in [2.75, 3.05) is 11.5 Å². The van der Waals surface area contributed by atoms with Crippen LogP contribution in [0.3, 0.4) is 0 Å². The molecule has 72 valence electrons. The highest BCUT2D eigenvalue weighted by Crippen LogP contribution is 2.19. The van der Waals surface area contributed by atoms with Crippen LogP contribution in [0, 0.1) is 5.92 Å². The van der Waals surface area contributed by atoms with Crippen LogP contribution in [0.15, 0.2) is 23.2 Å². The van der Waals surface area contributed by atoms with E-state index in [1.54, 1.807) is 0 Å². The summed E-state index contributed by atoms with van der Waals surface area (Å²) in [6, 6.07) is 3.87. The van der Waals surface area contributed by atoms with Gasteiger partial charge >= 0.3 is 0 Å². The third-order valence-electron chi connectivity index (χ3n) is 1.72. The molecule has 0 bridgehead atoms. The summed E-state index contributed by atoms with van der Waals surface area (Å²) < 4.78 is 0. The Morgan fingerprint density at radius 3 is 2.77 bits per heavy atom. The van der Waals surface area contributed by atoms with Gasteiger partial charge in [0, 0.05) is 11.1 Å². The lowest BCUT2D eigenvalue weighted by Crippen LogP contribution is -1.91. The van der Waals surface area contributed by atoms with Crippen molar-refractivity contribution < 1.29 is 0 Å². The molecule has 0 aromatic carbocycles. The van der Waals surface area contributed by atoms with E-state index in [9.17, 15) is 0 Å². The van der Waals surface area contributed by atoms with Crippen LogP contribution in [-0.2, 0) is 0 Å². The Morgan fingerprint density at radius 1 is 1.46 bits per heavy atom. The van der Waals surface area contributed by atoms with Crippen LogP contribution in [0.5, 0.6) is 0 Å². The van der Waals surface area contributed by atoms with Gasteiger partial charge in [-0.3, -0.25) is 0 Å². The number of aromatic nitrogens is 1. The molecule has 0 saturated carbocycles. The summed E-state index contributed by atoms with van der Waals surface area (Å²) in [5, 5.41) is 0. The topological polar surface area (TPSA) is 38.9 Å². The quantitative estimate of drug-likeness (QED) is 0.753. The van der Waals surface area contributed by atoms with Gasteiger partial charge in [0.25, 0.3) is 0 Å². The SMILES string of the molecule is CC(C)CCSc1ccc(N)nc1. The molecule has 1 aromatic heterocycles. The number of nitrogens with two attached hydrogens (primary N) is 1. The highest BCUT2D eigenvalue weighted by Gasteiger charge is 1.96. The highest BCUT2D eigenvalue weighted by molar-refractivity contribution is 7.99. The van der Waals surface area contributed by atoms with Crippen LogP contribution in [0.2, 0.25) is 0 Å². The van der Waals surface area contributed by atoms with Crippen LogP contribution in [0.1, 0.15) is 20.3 Å². The average molecular weight is 196 g/mol. The summed E-state index contributed by atoms with van der Waals surface area (Å²) in [6.07, 6.45) is 3.08. The molecule has 0 aliphatic carbocycles. The Kier molecular flexibility index (Phi) is 4.09. The van der Waals surface area contributed by atoms with Gasteiger partial charge in [-0.2, -0.15) is 0 Å². The number of hydrogen-bond donors (Lipinski definition) is 1. The predicted octanol–water partition coefficient (Wildman–Crippen LogP) is 2.80. The molecule has 0 spiro atoms. The molecule has 2 N–H and O–H groups in total. The van der Waals surface area contributed by atoms with Crippen molar-refractivity contribution in [3.8, 4) is 0 Å². The first-order valence-corrected chi connectivity index (χ1v) is 5.51. The van der Waals surface area contributed by atoms with E-state index < -0.39 is 0 Å². The minimum absolute atomic E-state index is 0.591. The third-order valence-corrected chi connectivity index (χ3v) is 2.74. The molecule has 0 saturated heterocycles. The molecule has 13 heavy (non-hydrogen) atoms. The molecule has 1 heterocycles. The van der Waals surface area contributed by atoms with E-state index in [4.69, 9.17) is 5.73 Å². The number of nitrogens with zero attached hydrogens (tertiary/aromatic N) is 1. The summed E-state index contributed by atoms with van der Waals surface area (Å²) in [5.74, 6) is 2.52. The van der Waals surface area contributed by atoms with Gasteiger partial charge in [-0.05, 0) is 30.2 Å². The summed E-state index contributed by atoms with van der Waals surface area (Å²) in [7, 11) is 0. The molecule has 0 aliphatic heterocycles. The van der Waals surface area contributed by atoms with Crippen molar-refractivity contribution >= 4 is 17.6 Å². The van der Waals surface area contributed by atoms with E-state index in [-0.39, 0.29) is 0 Å². The number of thioether (sulfide) groups is 1. The van der Waals surface area contributed by atoms with Crippen molar-refractivity contribution in [2.45, 2.75) is 25.2 Å². The van der Waals surface area contributed by atoms with Crippen molar-refractivity contribution in [1.82, 2.24) is 4.98 Å². The molecule has 3 heteroatoms. The summed E-state index contributed by atoms with van der Waals surface area (Å²) in [4.78, 5) is 5.24. The van der Waals surface area contributed by atoms with Crippen molar-refractivity contribution in [3.05, 3.63) is 18.3 Å². The Hall–Kier alpha value is -0.700. The number of anilines is 1. The first kappa shape index (κ1) is 10.4. The van der Waals surface area contributed by atoms with Crippen LogP contribution in [0.25, 0.3) is 0 Å². The van der Waals surface area contributed by atoms with Gasteiger partial charge in [0.1, 0.15) is 5.82 Å². The van der Waals surface area contributed by atoms with E-state index in [1.165, 1.54) is 11.3 Å². The number of nitrogen functional groups attached to an aromatic ring is 1. The van der Waals surface area contributed by atoms with Crippen molar-refractivity contribution in [2.24, 2.45) is 5.92 Å². The van der Waals surface area contributed by atoms with Crippen molar-refractivity contribution in [3.63, 3.8) is 0 Å². The lowest BCUT2D eigenvalue weighted by molar-refractivity contribution is 0.632. The maximum absolute atomic E-state index is 5.48. The number of pyridine rings is 1. The van der Waals surface area contributed by atoms with Gasteiger partial charge in [-0.25, -0.2) is 4.98 Å². The second-order valence-corrected chi connectivity index (χ2v) is 4.62. The maximum Gasteiger partial charge on any atom is 0.123 e. The Labute approximate surface area is 83.9 Å². The largest absolute Gasteiger partial charge is 0.384 e. The molecule has 0 aliphatic rings. The van der Waals surface area contributed by atoms with Crippen molar-refractivity contribution in [1.29, 1.82) is 0 Å². The Bertz CT molecular complexity index is 244. The Morgan fingerprint density at radius 2 is 2.23 bits per heavy atom. The fraction of sp³-hybridized carbons (Fsp3) is 0.500. The number of hydrogen-bond acceptors (Lipinski definition) is 3. The molecule has 1 aromatic rings. The number of rotatable bonds is 4. The molecule has 0 atom stereocenters. The molecule has 0 unspecified atom stereocenters. The van der Waals surface area contributed by atoms with E-state index in [2.05, 4.69) is 18.8 Å². The van der Waals surface area contributed by atoms with Crippen LogP contribution in [0.4, 0.5) is 5.82 Å². The lowest BCUT2D eigenvalue weighted by atomic mass is 10.2. The normalized spacial score (nSPS) is 10.7. The maximum atomic E-state index is 5.48. The van der Waals surface area contributed by atoms with Gasteiger partial charge in [0.2, 0.25) is 0 Å². The zero-order valence-electron chi connectivity index (χ0n) is 8.16. The van der Waals surface area contributed by atoms with Gasteiger partial charge in [0.15, 0.2) is 0 Å². The zero-order valence-corrected chi connectivity index (χ0v) is 8.97. The summed E-state index contributed by atoms with van der Waals surface area (Å²) in [5.41, 5.74) is 5.48. The molecule has 0 amide bonds. The van der Waals surface area contributed by atoms with Crippen LogP contribution in [-0.4, -0.2) is 10.7 Å². The molecule has 0 fully saturated rings. The first-order valence-electron chi connectivity index (χ1n) is 4.53. The molecule has 0 radical (unpaired) electrons. The zero-order chi connectivity index (χ0) is 9.68. The monoisotopic (exact) mass is 196 g/mol. The van der Waals surface area contributed by atoms with Gasteiger partial charge < -0.3 is 5.73 Å². The van der Waals surface area contributed by atoms with E-state index in [1.807, 2.05) is 30.1 Å². The Balaban J connectivity index is 2.33. The minimum atomic E-state index is 0.591. The summed E-state index contributed by atoms with van der Waals surface area (Å²) in [6.45, 7) is 4.48. The second kappa shape index (κ2) is 5.12. The van der Waals surface area contributed by atoms with E-state index in [0.717, 1.165) is 11.7 Å². The van der Waals surface area contributed by atoms with Gasteiger partial charge in [-0.15, -0.1) is 11.8 Å². The third kappa shape index (κ3) is 4.18. The lowest BCUT2D eigenvalue weighted by Gasteiger charge is -2.03. The molecular weight excluding hydrogens is 180 g/mol. The molecule has 1 rings (SSSR count). The standard InChI is InChI=1S/C10H16N2S/c1-8(2)5-6-13-9-3-4-10(11)12-7-9/h3-4,7-8H,5-6H2,1-2H3,(H2,11,12). The molecular formula is C10H16N2S. The summed E-state index contributed by atoms with van der Waals surface area (Å²) >= 11 is 1.84.